The van der Waals surface area contributed by atoms with E-state index in [9.17, 15) is 8.78 Å². The van der Waals surface area contributed by atoms with E-state index in [0.29, 0.717) is 12.2 Å². The van der Waals surface area contributed by atoms with Crippen LogP contribution in [-0.2, 0) is 5.41 Å². The lowest BCUT2D eigenvalue weighted by Gasteiger charge is -2.07. The van der Waals surface area contributed by atoms with Crippen LogP contribution in [0.15, 0.2) is 12.1 Å². The van der Waals surface area contributed by atoms with Crippen LogP contribution in [0.3, 0.4) is 0 Å². The molecule has 1 heterocycles. The zero-order valence-electron chi connectivity index (χ0n) is 7.48. The molecule has 0 amide bonds. The van der Waals surface area contributed by atoms with E-state index in [1.807, 2.05) is 0 Å². The maximum atomic E-state index is 13.3. The SMILES string of the molecule is NC1CC12CNc1c2ccc(F)c1F. The summed E-state index contributed by atoms with van der Waals surface area (Å²) in [4.78, 5) is 0. The number of anilines is 1. The van der Waals surface area contributed by atoms with E-state index in [-0.39, 0.29) is 11.5 Å². The number of nitrogens with one attached hydrogen (secondary N) is 1. The Balaban J connectivity index is 2.19. The molecule has 3 N–H and O–H groups in total. The van der Waals surface area contributed by atoms with Crippen LogP contribution in [0.5, 0.6) is 0 Å². The van der Waals surface area contributed by atoms with Gasteiger partial charge >= 0.3 is 0 Å². The number of halogens is 2. The van der Waals surface area contributed by atoms with Crippen molar-refractivity contribution in [3.63, 3.8) is 0 Å². The highest BCUT2D eigenvalue weighted by molar-refractivity contribution is 5.65. The van der Waals surface area contributed by atoms with Gasteiger partial charge in [-0.1, -0.05) is 6.07 Å². The predicted molar refractivity (Wildman–Crippen MR) is 49.1 cm³/mol. The second-order valence-corrected chi connectivity index (χ2v) is 4.10. The highest BCUT2D eigenvalue weighted by Crippen LogP contribution is 2.53. The summed E-state index contributed by atoms with van der Waals surface area (Å²) in [6.07, 6.45) is 0.859. The topological polar surface area (TPSA) is 38.0 Å². The molecule has 2 nitrogen and oxygen atoms in total. The maximum absolute atomic E-state index is 13.3. The lowest BCUT2D eigenvalue weighted by Crippen LogP contribution is -2.20. The molecule has 0 bridgehead atoms. The van der Waals surface area contributed by atoms with Gasteiger partial charge in [0.25, 0.3) is 0 Å². The van der Waals surface area contributed by atoms with Gasteiger partial charge in [-0.25, -0.2) is 8.78 Å². The van der Waals surface area contributed by atoms with Gasteiger partial charge in [0.2, 0.25) is 0 Å². The Morgan fingerprint density at radius 1 is 1.43 bits per heavy atom. The van der Waals surface area contributed by atoms with Gasteiger partial charge in [0.05, 0.1) is 5.69 Å². The van der Waals surface area contributed by atoms with Crippen molar-refractivity contribution < 1.29 is 8.78 Å². The second-order valence-electron chi connectivity index (χ2n) is 4.10. The Morgan fingerprint density at radius 3 is 2.79 bits per heavy atom. The van der Waals surface area contributed by atoms with Crippen molar-refractivity contribution in [1.29, 1.82) is 0 Å². The van der Waals surface area contributed by atoms with Gasteiger partial charge in [-0.15, -0.1) is 0 Å². The van der Waals surface area contributed by atoms with Crippen molar-refractivity contribution in [2.24, 2.45) is 5.73 Å². The standard InChI is InChI=1S/C10H10F2N2/c11-6-2-1-5-9(8(6)12)14-4-10(5)3-7(10)13/h1-2,7,14H,3-4,13H2. The number of hydrogen-bond acceptors (Lipinski definition) is 2. The summed E-state index contributed by atoms with van der Waals surface area (Å²) in [5.74, 6) is -1.58. The molecule has 1 spiro atoms. The van der Waals surface area contributed by atoms with E-state index >= 15 is 0 Å². The first-order valence-corrected chi connectivity index (χ1v) is 4.63. The number of fused-ring (bicyclic) bond motifs is 2. The number of hydrogen-bond donors (Lipinski definition) is 2. The van der Waals surface area contributed by atoms with Crippen LogP contribution in [0, 0.1) is 11.6 Å². The molecular weight excluding hydrogens is 186 g/mol. The van der Waals surface area contributed by atoms with Gasteiger partial charge in [-0.05, 0) is 18.1 Å². The number of rotatable bonds is 0. The van der Waals surface area contributed by atoms with Crippen LogP contribution in [0.25, 0.3) is 0 Å². The molecule has 1 fully saturated rings. The monoisotopic (exact) mass is 196 g/mol. The number of benzene rings is 1. The summed E-state index contributed by atoms with van der Waals surface area (Å²) < 4.78 is 26.2. The molecule has 2 aliphatic rings. The van der Waals surface area contributed by atoms with E-state index in [1.165, 1.54) is 6.07 Å². The van der Waals surface area contributed by atoms with Crippen LogP contribution < -0.4 is 11.1 Å². The molecular formula is C10H10F2N2. The van der Waals surface area contributed by atoms with Gasteiger partial charge in [0.1, 0.15) is 0 Å². The Hall–Kier alpha value is -1.16. The third kappa shape index (κ3) is 0.773. The van der Waals surface area contributed by atoms with Crippen molar-refractivity contribution in [2.75, 3.05) is 11.9 Å². The molecule has 14 heavy (non-hydrogen) atoms. The van der Waals surface area contributed by atoms with E-state index in [1.54, 1.807) is 6.07 Å². The third-order valence-electron chi connectivity index (χ3n) is 3.35. The molecule has 2 unspecified atom stereocenters. The molecule has 0 aromatic heterocycles. The first-order valence-electron chi connectivity index (χ1n) is 4.63. The largest absolute Gasteiger partial charge is 0.381 e. The van der Waals surface area contributed by atoms with Crippen molar-refractivity contribution in [3.05, 3.63) is 29.3 Å². The Labute approximate surface area is 80.1 Å². The van der Waals surface area contributed by atoms with E-state index in [2.05, 4.69) is 5.32 Å². The van der Waals surface area contributed by atoms with Crippen molar-refractivity contribution in [3.8, 4) is 0 Å². The van der Waals surface area contributed by atoms with Gasteiger partial charge in [0, 0.05) is 18.0 Å². The highest BCUT2D eigenvalue weighted by Gasteiger charge is 2.57. The average molecular weight is 196 g/mol. The lowest BCUT2D eigenvalue weighted by molar-refractivity contribution is 0.511. The van der Waals surface area contributed by atoms with E-state index < -0.39 is 11.6 Å². The van der Waals surface area contributed by atoms with Gasteiger partial charge in [-0.2, -0.15) is 0 Å². The van der Waals surface area contributed by atoms with Crippen LogP contribution in [0.2, 0.25) is 0 Å². The summed E-state index contributed by atoms with van der Waals surface area (Å²) in [6, 6.07) is 2.90. The van der Waals surface area contributed by atoms with Crippen molar-refractivity contribution in [2.45, 2.75) is 17.9 Å². The second kappa shape index (κ2) is 2.25. The zero-order valence-corrected chi connectivity index (χ0v) is 7.48. The molecule has 1 aliphatic carbocycles. The van der Waals surface area contributed by atoms with E-state index in [4.69, 9.17) is 5.73 Å². The summed E-state index contributed by atoms with van der Waals surface area (Å²) in [5, 5.41) is 2.90. The maximum Gasteiger partial charge on any atom is 0.182 e. The molecule has 3 rings (SSSR count). The summed E-state index contributed by atoms with van der Waals surface area (Å²) in [6.45, 7) is 0.629. The summed E-state index contributed by atoms with van der Waals surface area (Å²) in [7, 11) is 0. The minimum Gasteiger partial charge on any atom is -0.381 e. The molecule has 0 radical (unpaired) electrons. The Morgan fingerprint density at radius 2 is 2.14 bits per heavy atom. The normalized spacial score (nSPS) is 32.9. The van der Waals surface area contributed by atoms with Crippen molar-refractivity contribution in [1.82, 2.24) is 0 Å². The van der Waals surface area contributed by atoms with Crippen LogP contribution in [-0.4, -0.2) is 12.6 Å². The molecule has 1 aromatic rings. The molecule has 74 valence electrons. The smallest absolute Gasteiger partial charge is 0.182 e. The lowest BCUT2D eigenvalue weighted by atomic mass is 9.97. The van der Waals surface area contributed by atoms with Gasteiger partial charge in [-0.3, -0.25) is 0 Å². The van der Waals surface area contributed by atoms with Crippen LogP contribution >= 0.6 is 0 Å². The van der Waals surface area contributed by atoms with Crippen LogP contribution in [0.4, 0.5) is 14.5 Å². The van der Waals surface area contributed by atoms with Crippen molar-refractivity contribution >= 4 is 5.69 Å². The third-order valence-corrected chi connectivity index (χ3v) is 3.35. The predicted octanol–water partition coefficient (Wildman–Crippen LogP) is 1.36. The zero-order chi connectivity index (χ0) is 9.92. The number of nitrogens with two attached hydrogens (primary N) is 1. The average Bonchev–Trinajstić information content (AvgIpc) is 2.65. The fourth-order valence-electron chi connectivity index (χ4n) is 2.33. The van der Waals surface area contributed by atoms with E-state index in [0.717, 1.165) is 12.0 Å². The minimum atomic E-state index is -0.803. The summed E-state index contributed by atoms with van der Waals surface area (Å²) in [5.41, 5.74) is 6.83. The minimum absolute atomic E-state index is 0.0844. The fourth-order valence-corrected chi connectivity index (χ4v) is 2.33. The molecule has 1 aliphatic heterocycles. The van der Waals surface area contributed by atoms with Gasteiger partial charge in [0.15, 0.2) is 11.6 Å². The molecule has 1 aromatic carbocycles. The fraction of sp³-hybridized carbons (Fsp3) is 0.400. The summed E-state index contributed by atoms with van der Waals surface area (Å²) >= 11 is 0. The Kier molecular flexibility index (Phi) is 1.32. The van der Waals surface area contributed by atoms with Gasteiger partial charge < -0.3 is 11.1 Å². The Bertz CT molecular complexity index is 419. The van der Waals surface area contributed by atoms with Crippen LogP contribution in [0.1, 0.15) is 12.0 Å². The molecule has 2 atom stereocenters. The first-order chi connectivity index (χ1) is 6.65. The first kappa shape index (κ1) is 8.17. The quantitative estimate of drug-likeness (QED) is 0.657. The molecule has 1 saturated carbocycles. The molecule has 4 heteroatoms. The molecule has 0 saturated heterocycles. The highest BCUT2D eigenvalue weighted by atomic mass is 19.2.